The number of hydrogen-bond donors (Lipinski definition) is 0. The summed E-state index contributed by atoms with van der Waals surface area (Å²) in [4.78, 5) is 0. The Morgan fingerprint density at radius 1 is 0.531 bits per heavy atom. The second-order valence-electron chi connectivity index (χ2n) is 13.5. The number of rotatable bonds is 0. The first-order valence-electron chi connectivity index (χ1n) is 11.7. The standard InChI is InChI=1S/C28H40AsNO2/c1-25(2,3)17-13-19(27(7,8)9)23-21(15-17)30-22-16-18(26(4,5)6)14-20(28(10,11)12)24(22)32-29(30)31-23/h13-16H,1-12H3. The van der Waals surface area contributed by atoms with Crippen molar-refractivity contribution in [2.24, 2.45) is 0 Å². The third-order valence-corrected chi connectivity index (χ3v) is 9.46. The Morgan fingerprint density at radius 3 is 1.16 bits per heavy atom. The third kappa shape index (κ3) is 3.85. The average molecular weight is 498 g/mol. The molecule has 0 spiro atoms. The van der Waals surface area contributed by atoms with E-state index in [4.69, 9.17) is 7.45 Å². The van der Waals surface area contributed by atoms with Crippen LogP contribution >= 0.6 is 0 Å². The Bertz CT molecular complexity index is 990. The Hall–Kier alpha value is -1.60. The topological polar surface area (TPSA) is 21.7 Å². The van der Waals surface area contributed by atoms with Crippen molar-refractivity contribution >= 4 is 26.9 Å². The summed E-state index contributed by atoms with van der Waals surface area (Å²) in [5.41, 5.74) is 7.72. The van der Waals surface area contributed by atoms with Crippen LogP contribution in [0.5, 0.6) is 11.5 Å². The first kappa shape index (κ1) is 23.6. The summed E-state index contributed by atoms with van der Waals surface area (Å²) in [7, 11) is 0. The molecule has 0 amide bonds. The van der Waals surface area contributed by atoms with Crippen LogP contribution in [0.25, 0.3) is 0 Å². The van der Waals surface area contributed by atoms with E-state index in [-0.39, 0.29) is 21.7 Å². The van der Waals surface area contributed by atoms with Crippen LogP contribution in [0.1, 0.15) is 105 Å². The van der Waals surface area contributed by atoms with Crippen molar-refractivity contribution in [2.45, 2.75) is 105 Å². The van der Waals surface area contributed by atoms with E-state index in [9.17, 15) is 0 Å². The number of anilines is 2. The number of benzene rings is 2. The summed E-state index contributed by atoms with van der Waals surface area (Å²) < 4.78 is 15.8. The van der Waals surface area contributed by atoms with Crippen LogP contribution in [0.3, 0.4) is 0 Å². The molecule has 0 saturated carbocycles. The van der Waals surface area contributed by atoms with Crippen molar-refractivity contribution in [3.05, 3.63) is 46.5 Å². The number of hydrogen-bond acceptors (Lipinski definition) is 3. The molecule has 0 aliphatic carbocycles. The van der Waals surface area contributed by atoms with Gasteiger partial charge in [-0.2, -0.15) is 0 Å². The summed E-state index contributed by atoms with van der Waals surface area (Å²) in [5, 5.41) is 0. The van der Waals surface area contributed by atoms with E-state index in [1.807, 2.05) is 0 Å². The van der Waals surface area contributed by atoms with Gasteiger partial charge < -0.3 is 0 Å². The molecule has 0 N–H and O–H groups in total. The molecule has 2 aromatic carbocycles. The van der Waals surface area contributed by atoms with Gasteiger partial charge >= 0.3 is 201 Å². The molecule has 0 fully saturated rings. The molecule has 2 aromatic rings. The van der Waals surface area contributed by atoms with Gasteiger partial charge in [0, 0.05) is 0 Å². The molecule has 0 radical (unpaired) electrons. The number of nitrogens with zero attached hydrogens (tertiary/aromatic N) is 1. The molecule has 0 unspecified atom stereocenters. The zero-order valence-corrected chi connectivity index (χ0v) is 23.9. The summed E-state index contributed by atoms with van der Waals surface area (Å²) in [5.74, 6) is 2.05. The van der Waals surface area contributed by atoms with Crippen molar-refractivity contribution in [1.82, 2.24) is 0 Å². The Morgan fingerprint density at radius 2 is 0.875 bits per heavy atom. The van der Waals surface area contributed by atoms with Crippen molar-refractivity contribution in [3.8, 4) is 11.5 Å². The van der Waals surface area contributed by atoms with Gasteiger partial charge in [-0.25, -0.2) is 0 Å². The van der Waals surface area contributed by atoms with Crippen LogP contribution in [0.15, 0.2) is 24.3 Å². The fraction of sp³-hybridized carbons (Fsp3) is 0.571. The molecule has 0 aromatic heterocycles. The van der Waals surface area contributed by atoms with E-state index in [2.05, 4.69) is 111 Å². The van der Waals surface area contributed by atoms with Crippen LogP contribution in [0, 0.1) is 0 Å². The van der Waals surface area contributed by atoms with Gasteiger partial charge in [-0.05, 0) is 0 Å². The van der Waals surface area contributed by atoms with Gasteiger partial charge in [0.25, 0.3) is 0 Å². The van der Waals surface area contributed by atoms with Crippen LogP contribution in [-0.4, -0.2) is 15.6 Å². The average Bonchev–Trinajstić information content (AvgIpc) is 3.12. The van der Waals surface area contributed by atoms with Crippen molar-refractivity contribution < 1.29 is 7.45 Å². The minimum atomic E-state index is -2.22. The molecule has 2 heterocycles. The van der Waals surface area contributed by atoms with Crippen LogP contribution in [0.4, 0.5) is 11.4 Å². The summed E-state index contributed by atoms with van der Waals surface area (Å²) >= 11 is -2.22. The SMILES string of the molecule is CC(C)(C)c1cc2c(c(C(C)(C)C)c1)O[As]1Oc3c(cc(C(C)(C)C)cc3C(C)(C)C)N21. The van der Waals surface area contributed by atoms with E-state index >= 15 is 0 Å². The first-order chi connectivity index (χ1) is 14.4. The molecule has 2 aliphatic heterocycles. The zero-order valence-electron chi connectivity index (χ0n) is 22.0. The van der Waals surface area contributed by atoms with Gasteiger partial charge in [0.05, 0.1) is 0 Å². The summed E-state index contributed by atoms with van der Waals surface area (Å²) in [6.45, 7) is 27.4. The molecule has 0 saturated heterocycles. The van der Waals surface area contributed by atoms with Crippen LogP contribution in [-0.2, 0) is 21.7 Å². The van der Waals surface area contributed by atoms with E-state index in [0.717, 1.165) is 11.5 Å². The van der Waals surface area contributed by atoms with E-state index in [0.29, 0.717) is 0 Å². The third-order valence-electron chi connectivity index (χ3n) is 6.45. The second kappa shape index (κ2) is 6.95. The molecule has 32 heavy (non-hydrogen) atoms. The molecule has 3 nitrogen and oxygen atoms in total. The van der Waals surface area contributed by atoms with Crippen LogP contribution in [0.2, 0.25) is 0 Å². The minimum absolute atomic E-state index is 0.00667. The summed E-state index contributed by atoms with van der Waals surface area (Å²) in [6.07, 6.45) is 0. The first-order valence-corrected chi connectivity index (χ1v) is 14.1. The molecule has 0 atom stereocenters. The predicted octanol–water partition coefficient (Wildman–Crippen LogP) is 7.78. The van der Waals surface area contributed by atoms with Crippen molar-refractivity contribution in [1.29, 1.82) is 0 Å². The number of fused-ring (bicyclic) bond motifs is 5. The molecular formula is C28H40AsNO2. The van der Waals surface area contributed by atoms with E-state index < -0.39 is 15.6 Å². The van der Waals surface area contributed by atoms with Gasteiger partial charge in [-0.1, -0.05) is 0 Å². The van der Waals surface area contributed by atoms with Crippen LogP contribution < -0.4 is 11.3 Å². The Balaban J connectivity index is 2.00. The molecule has 174 valence electrons. The molecular weight excluding hydrogens is 457 g/mol. The van der Waals surface area contributed by atoms with E-state index in [1.54, 1.807) is 0 Å². The fourth-order valence-electron chi connectivity index (χ4n) is 4.28. The fourth-order valence-corrected chi connectivity index (χ4v) is 7.52. The monoisotopic (exact) mass is 497 g/mol. The van der Waals surface area contributed by atoms with Gasteiger partial charge in [0.2, 0.25) is 0 Å². The van der Waals surface area contributed by atoms with E-state index in [1.165, 1.54) is 33.6 Å². The van der Waals surface area contributed by atoms with Gasteiger partial charge in [0.1, 0.15) is 0 Å². The molecule has 2 aliphatic rings. The van der Waals surface area contributed by atoms with Crippen molar-refractivity contribution in [2.75, 3.05) is 3.82 Å². The predicted molar refractivity (Wildman–Crippen MR) is 137 cm³/mol. The molecule has 0 bridgehead atoms. The maximum absolute atomic E-state index is 6.68. The van der Waals surface area contributed by atoms with Crippen molar-refractivity contribution in [3.63, 3.8) is 0 Å². The molecule has 4 rings (SSSR count). The van der Waals surface area contributed by atoms with Gasteiger partial charge in [-0.3, -0.25) is 0 Å². The Labute approximate surface area is 200 Å². The quantitative estimate of drug-likeness (QED) is 0.347. The zero-order chi connectivity index (χ0) is 24.0. The van der Waals surface area contributed by atoms with Gasteiger partial charge in [0.15, 0.2) is 0 Å². The Kier molecular flexibility index (Phi) is 5.12. The second-order valence-corrected chi connectivity index (χ2v) is 16.1. The summed E-state index contributed by atoms with van der Waals surface area (Å²) in [6, 6.07) is 9.39. The molecule has 4 heteroatoms. The normalized spacial score (nSPS) is 16.4. The van der Waals surface area contributed by atoms with Gasteiger partial charge in [-0.15, -0.1) is 0 Å². The maximum atomic E-state index is 6.68.